The summed E-state index contributed by atoms with van der Waals surface area (Å²) in [5.74, 6) is 0. The van der Waals surface area contributed by atoms with Gasteiger partial charge in [0, 0.05) is 14.3 Å². The van der Waals surface area contributed by atoms with Crippen molar-refractivity contribution in [1.29, 1.82) is 0 Å². The van der Waals surface area contributed by atoms with Gasteiger partial charge < -0.3 is 4.43 Å². The second kappa shape index (κ2) is 6.99. The van der Waals surface area contributed by atoms with Crippen molar-refractivity contribution < 1.29 is 12.7 Å². The molecule has 0 amide bonds. The van der Waals surface area contributed by atoms with Crippen LogP contribution >= 0.6 is 0 Å². The third-order valence-electron chi connectivity index (χ3n) is 5.46. The number of fused-ring (bicyclic) bond motifs is 1. The summed E-state index contributed by atoms with van der Waals surface area (Å²) >= 11 is 0. The molecule has 0 bridgehead atoms. The third kappa shape index (κ3) is 3.30. The van der Waals surface area contributed by atoms with Crippen LogP contribution in [-0.2, 0) is 4.43 Å². The molecule has 0 spiro atoms. The average molecular weight is 361 g/mol. The van der Waals surface area contributed by atoms with Crippen LogP contribution in [0, 0.1) is 0 Å². The molecule has 2 aromatic rings. The Labute approximate surface area is 157 Å². The van der Waals surface area contributed by atoms with Crippen LogP contribution in [0.25, 0.3) is 0 Å². The Morgan fingerprint density at radius 3 is 2.21 bits per heavy atom. The summed E-state index contributed by atoms with van der Waals surface area (Å²) < 4.78 is 53.2. The number of benzene rings is 2. The SMILES string of the molecule is [2H]C([2H])([2H])C(O[Si@]1(C)CCCC[Si@](C)(c2ccccc2)c2ccccc21)C([2H])([2H])[2H]. The van der Waals surface area contributed by atoms with Crippen LogP contribution in [0.1, 0.15) is 34.8 Å². The van der Waals surface area contributed by atoms with E-state index in [0.29, 0.717) is 0 Å². The molecular formula is C21H30OSi2. The Hall–Kier alpha value is -1.17. The summed E-state index contributed by atoms with van der Waals surface area (Å²) in [5, 5.41) is 3.68. The van der Waals surface area contributed by atoms with Crippen LogP contribution in [-0.4, -0.2) is 22.5 Å². The smallest absolute Gasteiger partial charge is 0.221 e. The molecule has 0 N–H and O–H groups in total. The van der Waals surface area contributed by atoms with Crippen molar-refractivity contribution in [2.75, 3.05) is 0 Å². The summed E-state index contributed by atoms with van der Waals surface area (Å²) in [6.07, 6.45) is 0.185. The predicted molar refractivity (Wildman–Crippen MR) is 110 cm³/mol. The minimum atomic E-state index is -2.83. The van der Waals surface area contributed by atoms with Crippen molar-refractivity contribution in [3.8, 4) is 0 Å². The van der Waals surface area contributed by atoms with E-state index in [-0.39, 0.29) is 0 Å². The highest BCUT2D eigenvalue weighted by atomic mass is 28.4. The zero-order chi connectivity index (χ0) is 22.2. The Kier molecular flexibility index (Phi) is 3.33. The maximum atomic E-state index is 7.82. The fourth-order valence-electron chi connectivity index (χ4n) is 4.12. The monoisotopic (exact) mass is 360 g/mol. The van der Waals surface area contributed by atoms with Crippen LogP contribution in [0.3, 0.4) is 0 Å². The summed E-state index contributed by atoms with van der Waals surface area (Å²) in [4.78, 5) is 0. The van der Waals surface area contributed by atoms with Gasteiger partial charge in [0.05, 0.1) is 0 Å². The Morgan fingerprint density at radius 2 is 1.50 bits per heavy atom. The van der Waals surface area contributed by atoms with Gasteiger partial charge in [-0.1, -0.05) is 84.4 Å². The van der Waals surface area contributed by atoms with Crippen molar-refractivity contribution in [2.24, 2.45) is 0 Å². The van der Waals surface area contributed by atoms with Gasteiger partial charge in [0.2, 0.25) is 8.32 Å². The largest absolute Gasteiger partial charge is 0.410 e. The molecule has 0 fully saturated rings. The fraction of sp³-hybridized carbons (Fsp3) is 0.429. The lowest BCUT2D eigenvalue weighted by Crippen LogP contribution is -2.67. The number of hydrogen-bond acceptors (Lipinski definition) is 1. The topological polar surface area (TPSA) is 9.23 Å². The molecule has 1 aliphatic rings. The normalized spacial score (nSPS) is 32.1. The molecule has 24 heavy (non-hydrogen) atoms. The van der Waals surface area contributed by atoms with Crippen LogP contribution in [0.4, 0.5) is 0 Å². The van der Waals surface area contributed by atoms with Gasteiger partial charge in [0.25, 0.3) is 0 Å². The molecule has 128 valence electrons. The van der Waals surface area contributed by atoms with Crippen LogP contribution < -0.4 is 15.6 Å². The van der Waals surface area contributed by atoms with E-state index in [1.165, 1.54) is 10.4 Å². The van der Waals surface area contributed by atoms with Crippen molar-refractivity contribution in [3.05, 3.63) is 54.6 Å². The summed E-state index contributed by atoms with van der Waals surface area (Å²) in [7, 11) is -4.90. The van der Waals surface area contributed by atoms with Gasteiger partial charge >= 0.3 is 0 Å². The zero-order valence-electron chi connectivity index (χ0n) is 20.5. The van der Waals surface area contributed by atoms with Crippen molar-refractivity contribution >= 4 is 32.0 Å². The standard InChI is InChI=1S/C21H30OSi2/c1-18(2)22-24(4)17-11-10-16-23(3,19-12-6-5-7-13-19)20-14-8-9-15-21(20)24/h5-9,12-15,18H,10-11,16-17H2,1-4H3/t23-,24-/m1/s1/i1D3,2D3. The zero-order valence-corrected chi connectivity index (χ0v) is 16.5. The summed E-state index contributed by atoms with van der Waals surface area (Å²) in [6.45, 7) is -1.02. The third-order valence-corrected chi connectivity index (χ3v) is 13.9. The minimum absolute atomic E-state index is 0.728. The molecule has 2 aromatic carbocycles. The second-order valence-electron chi connectivity index (χ2n) is 7.18. The Balaban J connectivity index is 2.15. The first-order valence-electron chi connectivity index (χ1n) is 11.7. The van der Waals surface area contributed by atoms with Gasteiger partial charge in [-0.15, -0.1) is 0 Å². The lowest BCUT2D eigenvalue weighted by atomic mass is 10.3. The van der Waals surface area contributed by atoms with E-state index < -0.39 is 36.2 Å². The maximum Gasteiger partial charge on any atom is 0.221 e. The molecule has 0 unspecified atom stereocenters. The van der Waals surface area contributed by atoms with Gasteiger partial charge in [-0.25, -0.2) is 0 Å². The first-order valence-corrected chi connectivity index (χ1v) is 14.0. The first-order chi connectivity index (χ1) is 13.9. The average Bonchev–Trinajstić information content (AvgIpc) is 2.67. The quantitative estimate of drug-likeness (QED) is 0.755. The van der Waals surface area contributed by atoms with Crippen molar-refractivity contribution in [3.63, 3.8) is 0 Å². The molecule has 0 saturated heterocycles. The predicted octanol–water partition coefficient (Wildman–Crippen LogP) is 3.88. The molecule has 0 radical (unpaired) electrons. The van der Waals surface area contributed by atoms with E-state index in [1.54, 1.807) is 0 Å². The van der Waals surface area contributed by atoms with Crippen molar-refractivity contribution in [2.45, 2.75) is 57.8 Å². The first kappa shape index (κ1) is 11.4. The van der Waals surface area contributed by atoms with Gasteiger partial charge in [-0.05, 0) is 37.5 Å². The lowest BCUT2D eigenvalue weighted by Gasteiger charge is -2.39. The van der Waals surface area contributed by atoms with Crippen molar-refractivity contribution in [1.82, 2.24) is 0 Å². The van der Waals surface area contributed by atoms with Gasteiger partial charge in [-0.2, -0.15) is 0 Å². The fourth-order valence-corrected chi connectivity index (χ4v) is 12.7. The second-order valence-corrected chi connectivity index (χ2v) is 15.2. The van der Waals surface area contributed by atoms with Crippen LogP contribution in [0.15, 0.2) is 54.6 Å². The van der Waals surface area contributed by atoms with E-state index in [2.05, 4.69) is 42.9 Å². The molecule has 0 saturated carbocycles. The number of hydrogen-bond donors (Lipinski definition) is 0. The highest BCUT2D eigenvalue weighted by molar-refractivity contribution is 7.05. The number of rotatable bonds is 3. The molecule has 2 atom stereocenters. The molecule has 3 rings (SSSR count). The lowest BCUT2D eigenvalue weighted by molar-refractivity contribution is 0.234. The van der Waals surface area contributed by atoms with Gasteiger partial charge in [0.15, 0.2) is 0 Å². The molecule has 3 heteroatoms. The molecule has 1 nitrogen and oxygen atoms in total. The molecule has 1 heterocycles. The Bertz CT molecular complexity index is 856. The Morgan fingerprint density at radius 1 is 0.875 bits per heavy atom. The summed E-state index contributed by atoms with van der Waals surface area (Å²) in [5.41, 5.74) is 0. The highest BCUT2D eigenvalue weighted by Gasteiger charge is 2.42. The molecule has 1 aliphatic heterocycles. The van der Waals surface area contributed by atoms with Gasteiger partial charge in [-0.3, -0.25) is 0 Å². The van der Waals surface area contributed by atoms with E-state index in [1.807, 2.05) is 24.7 Å². The van der Waals surface area contributed by atoms with E-state index in [0.717, 1.165) is 30.1 Å². The van der Waals surface area contributed by atoms with Crippen LogP contribution in [0.5, 0.6) is 0 Å². The van der Waals surface area contributed by atoms with E-state index in [9.17, 15) is 0 Å². The van der Waals surface area contributed by atoms with E-state index in [4.69, 9.17) is 12.7 Å². The van der Waals surface area contributed by atoms with Crippen LogP contribution in [0.2, 0.25) is 25.2 Å². The minimum Gasteiger partial charge on any atom is -0.410 e. The molecular weight excluding hydrogens is 324 g/mol. The highest BCUT2D eigenvalue weighted by Crippen LogP contribution is 2.25. The maximum absolute atomic E-state index is 7.82. The molecule has 0 aromatic heterocycles. The molecule has 0 aliphatic carbocycles. The summed E-state index contributed by atoms with van der Waals surface area (Å²) in [6, 6.07) is 20.6. The van der Waals surface area contributed by atoms with Gasteiger partial charge in [0.1, 0.15) is 8.07 Å². The van der Waals surface area contributed by atoms with E-state index >= 15 is 0 Å².